The summed E-state index contributed by atoms with van der Waals surface area (Å²) in [6.07, 6.45) is -1.53. The van der Waals surface area contributed by atoms with Crippen LogP contribution >= 0.6 is 0 Å². The molecule has 0 aromatic carbocycles. The van der Waals surface area contributed by atoms with Gasteiger partial charge in [-0.15, -0.1) is 0 Å². The van der Waals surface area contributed by atoms with Crippen molar-refractivity contribution in [3.05, 3.63) is 0 Å². The fraction of sp³-hybridized carbons (Fsp3) is 0.875. The molecular formula is C8H12F2N2. The van der Waals surface area contributed by atoms with E-state index < -0.39 is 11.8 Å². The summed E-state index contributed by atoms with van der Waals surface area (Å²) >= 11 is 0. The van der Waals surface area contributed by atoms with E-state index in [-0.39, 0.29) is 6.42 Å². The molecule has 4 heteroatoms. The summed E-state index contributed by atoms with van der Waals surface area (Å²) in [4.78, 5) is 0. The summed E-state index contributed by atoms with van der Waals surface area (Å²) in [5, 5.41) is 11.8. The lowest BCUT2D eigenvalue weighted by molar-refractivity contribution is 0.0808. The summed E-state index contributed by atoms with van der Waals surface area (Å²) in [5.41, 5.74) is -0.764. The lowest BCUT2D eigenvalue weighted by Crippen LogP contribution is -2.36. The van der Waals surface area contributed by atoms with Gasteiger partial charge in [-0.3, -0.25) is 0 Å². The van der Waals surface area contributed by atoms with E-state index in [0.717, 1.165) is 0 Å². The van der Waals surface area contributed by atoms with Crippen LogP contribution in [0.2, 0.25) is 0 Å². The second kappa shape index (κ2) is 3.81. The van der Waals surface area contributed by atoms with Crippen molar-refractivity contribution in [2.24, 2.45) is 5.41 Å². The minimum Gasteiger partial charge on any atom is -0.317 e. The molecule has 0 atom stereocenters. The third-order valence-electron chi connectivity index (χ3n) is 2.34. The van der Waals surface area contributed by atoms with Gasteiger partial charge in [-0.05, 0) is 25.9 Å². The lowest BCUT2D eigenvalue weighted by Gasteiger charge is -2.30. The number of hydrogen-bond acceptors (Lipinski definition) is 2. The quantitative estimate of drug-likeness (QED) is 0.689. The fourth-order valence-electron chi connectivity index (χ4n) is 1.56. The zero-order valence-corrected chi connectivity index (χ0v) is 6.82. The number of nitrogens with one attached hydrogen (secondary N) is 1. The topological polar surface area (TPSA) is 35.8 Å². The predicted octanol–water partition coefficient (Wildman–Crippen LogP) is 1.53. The Kier molecular flexibility index (Phi) is 2.99. The summed E-state index contributed by atoms with van der Waals surface area (Å²) in [6.45, 7) is 1.36. The molecule has 0 bridgehead atoms. The zero-order chi connectivity index (χ0) is 9.03. The third-order valence-corrected chi connectivity index (χ3v) is 2.34. The molecule has 0 spiro atoms. The van der Waals surface area contributed by atoms with Gasteiger partial charge in [0.2, 0.25) is 6.43 Å². The third kappa shape index (κ3) is 2.15. The van der Waals surface area contributed by atoms with Crippen molar-refractivity contribution in [3.63, 3.8) is 0 Å². The molecule has 1 aliphatic heterocycles. The van der Waals surface area contributed by atoms with E-state index in [4.69, 9.17) is 5.26 Å². The monoisotopic (exact) mass is 174 g/mol. The van der Waals surface area contributed by atoms with E-state index in [9.17, 15) is 8.78 Å². The van der Waals surface area contributed by atoms with Crippen LogP contribution in [0.25, 0.3) is 0 Å². The van der Waals surface area contributed by atoms with Crippen molar-refractivity contribution in [2.75, 3.05) is 13.1 Å². The van der Waals surface area contributed by atoms with E-state index in [0.29, 0.717) is 25.9 Å². The first-order valence-electron chi connectivity index (χ1n) is 4.09. The van der Waals surface area contributed by atoms with Crippen LogP contribution in [0.3, 0.4) is 0 Å². The van der Waals surface area contributed by atoms with Gasteiger partial charge in [0.15, 0.2) is 0 Å². The number of rotatable bonds is 2. The maximum atomic E-state index is 12.1. The average Bonchev–Trinajstić information content (AvgIpc) is 2.05. The smallest absolute Gasteiger partial charge is 0.240 e. The minimum atomic E-state index is -2.36. The fourth-order valence-corrected chi connectivity index (χ4v) is 1.56. The molecule has 0 aromatic rings. The first-order valence-corrected chi connectivity index (χ1v) is 4.09. The molecule has 1 saturated heterocycles. The molecule has 1 fully saturated rings. The van der Waals surface area contributed by atoms with Gasteiger partial charge in [-0.2, -0.15) is 5.26 Å². The highest BCUT2D eigenvalue weighted by molar-refractivity contribution is 5.01. The molecule has 12 heavy (non-hydrogen) atoms. The van der Waals surface area contributed by atoms with Crippen molar-refractivity contribution in [2.45, 2.75) is 25.7 Å². The Morgan fingerprint density at radius 2 is 2.00 bits per heavy atom. The first-order chi connectivity index (χ1) is 5.68. The summed E-state index contributed by atoms with van der Waals surface area (Å²) in [7, 11) is 0. The average molecular weight is 174 g/mol. The van der Waals surface area contributed by atoms with Crippen molar-refractivity contribution in [3.8, 4) is 6.07 Å². The van der Waals surface area contributed by atoms with Crippen LogP contribution in [0.1, 0.15) is 19.3 Å². The van der Waals surface area contributed by atoms with Gasteiger partial charge in [-0.25, -0.2) is 8.78 Å². The van der Waals surface area contributed by atoms with E-state index in [1.54, 1.807) is 0 Å². The molecule has 1 rings (SSSR count). The van der Waals surface area contributed by atoms with Gasteiger partial charge in [0.05, 0.1) is 11.5 Å². The highest BCUT2D eigenvalue weighted by Gasteiger charge is 2.34. The van der Waals surface area contributed by atoms with Gasteiger partial charge in [0.1, 0.15) is 0 Å². The number of halogens is 2. The van der Waals surface area contributed by atoms with Gasteiger partial charge < -0.3 is 5.32 Å². The standard InChI is InChI=1S/C8H12F2N2/c9-7(10)5-8(6-11)1-3-12-4-2-8/h7,12H,1-5H2. The summed E-state index contributed by atoms with van der Waals surface area (Å²) in [5.74, 6) is 0. The largest absolute Gasteiger partial charge is 0.317 e. The van der Waals surface area contributed by atoms with Crippen LogP contribution in [0.4, 0.5) is 8.78 Å². The lowest BCUT2D eigenvalue weighted by atomic mass is 9.78. The van der Waals surface area contributed by atoms with Crippen molar-refractivity contribution in [1.29, 1.82) is 5.26 Å². The highest BCUT2D eigenvalue weighted by Crippen LogP contribution is 2.34. The SMILES string of the molecule is N#CC1(CC(F)F)CCNCC1. The van der Waals surface area contributed by atoms with Crippen LogP contribution in [0, 0.1) is 16.7 Å². The number of nitrogens with zero attached hydrogens (tertiary/aromatic N) is 1. The maximum absolute atomic E-state index is 12.1. The molecule has 0 aromatic heterocycles. The molecule has 1 aliphatic rings. The van der Waals surface area contributed by atoms with Crippen molar-refractivity contribution >= 4 is 0 Å². The first kappa shape index (κ1) is 9.40. The van der Waals surface area contributed by atoms with Gasteiger partial charge in [-0.1, -0.05) is 0 Å². The van der Waals surface area contributed by atoms with Gasteiger partial charge in [0, 0.05) is 6.42 Å². The van der Waals surface area contributed by atoms with Gasteiger partial charge >= 0.3 is 0 Å². The molecule has 0 saturated carbocycles. The van der Waals surface area contributed by atoms with Crippen LogP contribution in [0.15, 0.2) is 0 Å². The minimum absolute atomic E-state index is 0.273. The molecule has 0 amide bonds. The number of hydrogen-bond donors (Lipinski definition) is 1. The Bertz CT molecular complexity index is 180. The maximum Gasteiger partial charge on any atom is 0.240 e. The number of alkyl halides is 2. The Hall–Kier alpha value is -0.690. The van der Waals surface area contributed by atoms with Crippen molar-refractivity contribution < 1.29 is 8.78 Å². The van der Waals surface area contributed by atoms with Crippen molar-refractivity contribution in [1.82, 2.24) is 5.32 Å². The molecule has 68 valence electrons. The molecule has 0 unspecified atom stereocenters. The second-order valence-corrected chi connectivity index (χ2v) is 3.24. The summed E-state index contributed by atoms with van der Waals surface area (Å²) < 4.78 is 24.2. The van der Waals surface area contributed by atoms with E-state index in [1.807, 2.05) is 6.07 Å². The highest BCUT2D eigenvalue weighted by atomic mass is 19.3. The number of piperidine rings is 1. The zero-order valence-electron chi connectivity index (χ0n) is 6.82. The molecule has 0 radical (unpaired) electrons. The predicted molar refractivity (Wildman–Crippen MR) is 40.8 cm³/mol. The van der Waals surface area contributed by atoms with Crippen LogP contribution in [-0.4, -0.2) is 19.5 Å². The Morgan fingerprint density at radius 3 is 2.42 bits per heavy atom. The molecule has 1 N–H and O–H groups in total. The molecule has 0 aliphatic carbocycles. The van der Waals surface area contributed by atoms with Crippen LogP contribution in [0.5, 0.6) is 0 Å². The summed E-state index contributed by atoms with van der Waals surface area (Å²) in [6, 6.07) is 2.03. The molecule has 1 heterocycles. The normalized spacial score (nSPS) is 22.2. The second-order valence-electron chi connectivity index (χ2n) is 3.24. The van der Waals surface area contributed by atoms with E-state index in [1.165, 1.54) is 0 Å². The number of nitriles is 1. The van der Waals surface area contributed by atoms with E-state index >= 15 is 0 Å². The Balaban J connectivity index is 2.55. The molecular weight excluding hydrogens is 162 g/mol. The van der Waals surface area contributed by atoms with Gasteiger partial charge in [0.25, 0.3) is 0 Å². The Morgan fingerprint density at radius 1 is 1.42 bits per heavy atom. The Labute approximate surface area is 70.6 Å². The van der Waals surface area contributed by atoms with Crippen LogP contribution < -0.4 is 5.32 Å². The van der Waals surface area contributed by atoms with Crippen LogP contribution in [-0.2, 0) is 0 Å². The molecule has 2 nitrogen and oxygen atoms in total. The van der Waals surface area contributed by atoms with E-state index in [2.05, 4.69) is 5.32 Å².